The molecule has 250 valence electrons. The number of nitrogens with zero attached hydrogens (tertiary/aromatic N) is 1. The highest BCUT2D eigenvalue weighted by Gasteiger charge is 2.52. The van der Waals surface area contributed by atoms with Crippen molar-refractivity contribution >= 4 is 5.84 Å². The number of hydrogen-bond donors (Lipinski definition) is 11. The highest BCUT2D eigenvalue weighted by atomic mass is 16.7. The lowest BCUT2D eigenvalue weighted by Crippen LogP contribution is -2.68. The molecule has 1 aliphatic carbocycles. The van der Waals surface area contributed by atoms with Crippen molar-refractivity contribution in [3.05, 3.63) is 0 Å². The summed E-state index contributed by atoms with van der Waals surface area (Å²) in [6, 6.07) is -2.96. The molecule has 0 spiro atoms. The average molecular weight is 623 g/mol. The van der Waals surface area contributed by atoms with Gasteiger partial charge in [0.15, 0.2) is 18.2 Å². The van der Waals surface area contributed by atoms with E-state index in [-0.39, 0.29) is 51.3 Å². The van der Waals surface area contributed by atoms with E-state index >= 15 is 0 Å². The van der Waals surface area contributed by atoms with Crippen LogP contribution in [0, 0.1) is 0 Å². The molecule has 1 saturated carbocycles. The zero-order valence-corrected chi connectivity index (χ0v) is 24.7. The van der Waals surface area contributed by atoms with Gasteiger partial charge in [0.05, 0.1) is 56.8 Å². The van der Waals surface area contributed by atoms with Crippen molar-refractivity contribution in [1.82, 2.24) is 10.6 Å². The van der Waals surface area contributed by atoms with Gasteiger partial charge >= 0.3 is 0 Å². The summed E-state index contributed by atoms with van der Waals surface area (Å²) in [5.74, 6) is -0.100. The van der Waals surface area contributed by atoms with Crippen LogP contribution in [0.1, 0.15) is 26.2 Å². The predicted molar refractivity (Wildman–Crippen MR) is 151 cm³/mol. The molecule has 17 nitrogen and oxygen atoms in total. The van der Waals surface area contributed by atoms with Crippen molar-refractivity contribution in [2.24, 2.45) is 22.2 Å². The largest absolute Gasteiger partial charge is 0.394 e. The van der Waals surface area contributed by atoms with Crippen molar-refractivity contribution in [1.29, 1.82) is 0 Å². The molecule has 0 aromatic rings. The summed E-state index contributed by atoms with van der Waals surface area (Å²) < 4.78 is 29.2. The molecule has 0 aromatic carbocycles. The first-order chi connectivity index (χ1) is 20.3. The Kier molecular flexibility index (Phi) is 11.7. The number of aliphatic hydroxyl groups is 6. The summed E-state index contributed by atoms with van der Waals surface area (Å²) in [5, 5.41) is 68.4. The van der Waals surface area contributed by atoms with Gasteiger partial charge in [-0.1, -0.05) is 0 Å². The van der Waals surface area contributed by atoms with Crippen LogP contribution >= 0.6 is 0 Å². The second-order valence-corrected chi connectivity index (χ2v) is 12.4. The van der Waals surface area contributed by atoms with E-state index in [2.05, 4.69) is 15.6 Å². The summed E-state index contributed by atoms with van der Waals surface area (Å²) in [7, 11) is 1.59. The van der Waals surface area contributed by atoms with Crippen molar-refractivity contribution in [3.63, 3.8) is 0 Å². The third kappa shape index (κ3) is 8.00. The Labute approximate surface area is 250 Å². The van der Waals surface area contributed by atoms with Crippen LogP contribution in [-0.2, 0) is 23.7 Å². The third-order valence-corrected chi connectivity index (χ3v) is 8.64. The van der Waals surface area contributed by atoms with E-state index in [4.69, 9.17) is 46.0 Å². The molecule has 14 N–H and O–H groups in total. The lowest BCUT2D eigenvalue weighted by molar-refractivity contribution is -0.306. The van der Waals surface area contributed by atoms with Gasteiger partial charge in [-0.15, -0.1) is 0 Å². The molecule has 1 unspecified atom stereocenters. The number of nitrogens with one attached hydrogen (secondary N) is 2. The molecular weight excluding hydrogens is 572 g/mol. The van der Waals surface area contributed by atoms with E-state index in [0.717, 1.165) is 0 Å². The van der Waals surface area contributed by atoms with Gasteiger partial charge in [0.25, 0.3) is 0 Å². The lowest BCUT2D eigenvalue weighted by atomic mass is 9.83. The number of likely N-dealkylation sites (N-methyl/N-ethyl adjacent to an activating group) is 1. The van der Waals surface area contributed by atoms with Crippen LogP contribution < -0.4 is 27.8 Å². The van der Waals surface area contributed by atoms with Gasteiger partial charge in [-0.25, -0.2) is 0 Å². The highest BCUT2D eigenvalue weighted by molar-refractivity contribution is 5.90. The Morgan fingerprint density at radius 3 is 2.37 bits per heavy atom. The SMILES string of the molecule is CN[C@@H]1[C@@H](O)[C@@H](O[C@@H]2[C@@H](O)[C@H](O[C@H]3O[C@H](CNCC(O)CO)CC[C@H]3N)[C@@H](N)C[C@H]2N=C(N)C2(O)COC2)OC[C@]1(C)O. The second-order valence-electron chi connectivity index (χ2n) is 12.4. The monoisotopic (exact) mass is 622 g/mol. The Hall–Kier alpha value is -1.13. The fourth-order valence-corrected chi connectivity index (χ4v) is 5.94. The summed E-state index contributed by atoms with van der Waals surface area (Å²) in [6.45, 7) is 1.50. The maximum absolute atomic E-state index is 11.6. The molecule has 0 aromatic heterocycles. The fraction of sp³-hybridized carbons (Fsp3) is 0.962. The lowest BCUT2D eigenvalue weighted by Gasteiger charge is -2.48. The van der Waals surface area contributed by atoms with E-state index < -0.39 is 78.5 Å². The van der Waals surface area contributed by atoms with Gasteiger partial charge in [0, 0.05) is 19.1 Å². The van der Waals surface area contributed by atoms with Crippen molar-refractivity contribution in [2.75, 3.05) is 46.6 Å². The van der Waals surface area contributed by atoms with E-state index in [1.165, 1.54) is 6.92 Å². The summed E-state index contributed by atoms with van der Waals surface area (Å²) >= 11 is 0. The normalized spacial score (nSPS) is 44.5. The molecular formula is C26H50N6O11. The van der Waals surface area contributed by atoms with E-state index in [1.807, 2.05) is 0 Å². The van der Waals surface area contributed by atoms with Crippen LogP contribution in [0.4, 0.5) is 0 Å². The molecule has 4 aliphatic rings. The maximum atomic E-state index is 11.6. The highest BCUT2D eigenvalue weighted by Crippen LogP contribution is 2.34. The van der Waals surface area contributed by atoms with Gasteiger partial charge in [0.1, 0.15) is 35.9 Å². The summed E-state index contributed by atoms with van der Waals surface area (Å²) in [4.78, 5) is 4.47. The van der Waals surface area contributed by atoms with Gasteiger partial charge in [-0.05, 0) is 33.2 Å². The molecule has 4 fully saturated rings. The number of hydrogen-bond acceptors (Lipinski definition) is 16. The third-order valence-electron chi connectivity index (χ3n) is 8.64. The molecule has 0 radical (unpaired) electrons. The van der Waals surface area contributed by atoms with Crippen LogP contribution in [-0.4, -0.2) is 168 Å². The van der Waals surface area contributed by atoms with Crippen molar-refractivity contribution in [2.45, 2.75) is 111 Å². The molecule has 0 amide bonds. The van der Waals surface area contributed by atoms with E-state index in [9.17, 15) is 25.5 Å². The van der Waals surface area contributed by atoms with Crippen LogP contribution in [0.5, 0.6) is 0 Å². The van der Waals surface area contributed by atoms with Crippen LogP contribution in [0.15, 0.2) is 4.99 Å². The maximum Gasteiger partial charge on any atom is 0.185 e. The number of nitrogens with two attached hydrogens (primary N) is 3. The Morgan fingerprint density at radius 2 is 1.74 bits per heavy atom. The van der Waals surface area contributed by atoms with Gasteiger partial charge in [-0.3, -0.25) is 4.99 Å². The fourth-order valence-electron chi connectivity index (χ4n) is 5.94. The first kappa shape index (κ1) is 34.7. The average Bonchev–Trinajstić information content (AvgIpc) is 2.94. The van der Waals surface area contributed by atoms with Crippen LogP contribution in [0.3, 0.4) is 0 Å². The minimum Gasteiger partial charge on any atom is -0.394 e. The molecule has 13 atom stereocenters. The molecule has 3 aliphatic heterocycles. The molecule has 17 heteroatoms. The number of aliphatic imine (C=N–C) groups is 1. The topological polar surface area (TPSA) is 282 Å². The Balaban J connectivity index is 1.50. The summed E-state index contributed by atoms with van der Waals surface area (Å²) in [5.41, 5.74) is 16.1. The van der Waals surface area contributed by atoms with Crippen LogP contribution in [0.2, 0.25) is 0 Å². The van der Waals surface area contributed by atoms with Crippen molar-refractivity contribution < 1.29 is 54.3 Å². The van der Waals surface area contributed by atoms with Crippen molar-refractivity contribution in [3.8, 4) is 0 Å². The van der Waals surface area contributed by atoms with E-state index in [0.29, 0.717) is 19.4 Å². The quantitative estimate of drug-likeness (QED) is 0.0714. The molecule has 3 heterocycles. The number of amidine groups is 1. The standard InChI is InChI=1S/C26H50N6O11/c1-25(37)9-40-23(18(36)21(25)30-2)43-20-16(32-24(29)26(38)10-39-11-26)5-15(28)19(17(20)35)42-22-14(27)4-3-13(41-22)7-31-6-12(34)8-33/h12-23,30-31,33-38H,3-11,27-28H2,1-2H3,(H2,29,32)/t12?,13-,14+,15-,16+,17-,18+,19+,20-,21+,22+,23+,25-/m0/s1. The Bertz CT molecular complexity index is 930. The molecule has 43 heavy (non-hydrogen) atoms. The number of aliphatic hydroxyl groups excluding tert-OH is 4. The smallest absolute Gasteiger partial charge is 0.185 e. The molecule has 0 bridgehead atoms. The number of ether oxygens (including phenoxy) is 5. The molecule has 4 rings (SSSR count). The minimum absolute atomic E-state index is 0.0316. The zero-order chi connectivity index (χ0) is 31.5. The van der Waals surface area contributed by atoms with Crippen LogP contribution in [0.25, 0.3) is 0 Å². The number of rotatable bonds is 12. The van der Waals surface area contributed by atoms with Gasteiger partial charge in [0.2, 0.25) is 0 Å². The predicted octanol–water partition coefficient (Wildman–Crippen LogP) is -5.83. The second kappa shape index (κ2) is 14.5. The first-order valence-corrected chi connectivity index (χ1v) is 14.8. The van der Waals surface area contributed by atoms with E-state index in [1.54, 1.807) is 7.05 Å². The summed E-state index contributed by atoms with van der Waals surface area (Å²) in [6.07, 6.45) is -7.01. The zero-order valence-electron chi connectivity index (χ0n) is 24.7. The molecule has 3 saturated heterocycles. The van der Waals surface area contributed by atoms with Gasteiger partial charge in [-0.2, -0.15) is 0 Å². The van der Waals surface area contributed by atoms with Gasteiger partial charge < -0.3 is 82.2 Å². The first-order valence-electron chi connectivity index (χ1n) is 14.8. The minimum atomic E-state index is -1.46. The Morgan fingerprint density at radius 1 is 1.05 bits per heavy atom.